The van der Waals surface area contributed by atoms with Crippen LogP contribution in [0.1, 0.15) is 31.4 Å². The van der Waals surface area contributed by atoms with Crippen molar-refractivity contribution in [2.75, 3.05) is 18.8 Å². The Balaban J connectivity index is 2.52. The van der Waals surface area contributed by atoms with E-state index in [1.165, 1.54) is 17.5 Å². The highest BCUT2D eigenvalue weighted by Gasteiger charge is 2.09. The van der Waals surface area contributed by atoms with Gasteiger partial charge in [-0.2, -0.15) is 0 Å². The van der Waals surface area contributed by atoms with Crippen molar-refractivity contribution in [2.24, 2.45) is 5.92 Å². The zero-order chi connectivity index (χ0) is 12.0. The van der Waals surface area contributed by atoms with Gasteiger partial charge in [0.1, 0.15) is 5.82 Å². The quantitative estimate of drug-likeness (QED) is 0.724. The summed E-state index contributed by atoms with van der Waals surface area (Å²) in [7, 11) is 0. The predicted octanol–water partition coefficient (Wildman–Crippen LogP) is 2.15. The molecule has 0 aliphatic heterocycles. The number of rotatable bonds is 6. The first-order valence-corrected chi connectivity index (χ1v) is 6.05. The number of pyridine rings is 1. The number of hydrogen-bond donors (Lipinski definition) is 2. The molecule has 1 aromatic rings. The highest BCUT2D eigenvalue weighted by atomic mass is 14.9. The molecule has 0 radical (unpaired) electrons. The third-order valence-electron chi connectivity index (χ3n) is 2.80. The highest BCUT2D eigenvalue weighted by molar-refractivity contribution is 5.43. The first-order chi connectivity index (χ1) is 7.65. The van der Waals surface area contributed by atoms with Crippen molar-refractivity contribution < 1.29 is 0 Å². The maximum Gasteiger partial charge on any atom is 0.126 e. The van der Waals surface area contributed by atoms with Gasteiger partial charge in [-0.15, -0.1) is 0 Å². The van der Waals surface area contributed by atoms with Crippen LogP contribution in [-0.2, 0) is 6.42 Å². The van der Waals surface area contributed by atoms with Gasteiger partial charge in [0.2, 0.25) is 0 Å². The van der Waals surface area contributed by atoms with Crippen LogP contribution >= 0.6 is 0 Å². The van der Waals surface area contributed by atoms with E-state index in [-0.39, 0.29) is 0 Å². The summed E-state index contributed by atoms with van der Waals surface area (Å²) in [6.45, 7) is 8.66. The molecule has 0 fully saturated rings. The summed E-state index contributed by atoms with van der Waals surface area (Å²) < 4.78 is 0. The van der Waals surface area contributed by atoms with Gasteiger partial charge in [0.05, 0.1) is 0 Å². The molecular formula is C13H23N3. The van der Waals surface area contributed by atoms with Crippen molar-refractivity contribution in [1.82, 2.24) is 10.3 Å². The summed E-state index contributed by atoms with van der Waals surface area (Å²) in [5, 5.41) is 3.43. The minimum atomic E-state index is 0.594. The molecule has 1 rings (SSSR count). The summed E-state index contributed by atoms with van der Waals surface area (Å²) in [6, 6.07) is 2.03. The Hall–Kier alpha value is -1.09. The minimum absolute atomic E-state index is 0.594. The van der Waals surface area contributed by atoms with Crippen molar-refractivity contribution >= 4 is 5.82 Å². The second-order valence-corrected chi connectivity index (χ2v) is 4.51. The van der Waals surface area contributed by atoms with Crippen LogP contribution in [0.4, 0.5) is 5.82 Å². The molecule has 0 spiro atoms. The fourth-order valence-corrected chi connectivity index (χ4v) is 1.82. The van der Waals surface area contributed by atoms with Gasteiger partial charge in [-0.05, 0) is 56.0 Å². The largest absolute Gasteiger partial charge is 0.383 e. The van der Waals surface area contributed by atoms with E-state index in [4.69, 9.17) is 5.73 Å². The molecule has 0 bridgehead atoms. The van der Waals surface area contributed by atoms with Crippen LogP contribution in [0.25, 0.3) is 0 Å². The second kappa shape index (κ2) is 6.48. The van der Waals surface area contributed by atoms with E-state index in [1.54, 1.807) is 6.20 Å². The van der Waals surface area contributed by atoms with Gasteiger partial charge in [-0.1, -0.05) is 13.8 Å². The molecule has 0 aliphatic carbocycles. The fraction of sp³-hybridized carbons (Fsp3) is 0.615. The molecule has 90 valence electrons. The second-order valence-electron chi connectivity index (χ2n) is 4.51. The number of aromatic nitrogens is 1. The smallest absolute Gasteiger partial charge is 0.126 e. The Labute approximate surface area is 98.5 Å². The van der Waals surface area contributed by atoms with E-state index in [0.29, 0.717) is 11.7 Å². The lowest BCUT2D eigenvalue weighted by molar-refractivity contribution is 0.510. The van der Waals surface area contributed by atoms with Crippen LogP contribution in [0.15, 0.2) is 12.3 Å². The average Bonchev–Trinajstić information content (AvgIpc) is 2.24. The Morgan fingerprint density at radius 2 is 2.25 bits per heavy atom. The number of aryl methyl sites for hydroxylation is 1. The van der Waals surface area contributed by atoms with Crippen LogP contribution in [0.5, 0.6) is 0 Å². The minimum Gasteiger partial charge on any atom is -0.383 e. The van der Waals surface area contributed by atoms with E-state index in [9.17, 15) is 0 Å². The third kappa shape index (κ3) is 3.81. The molecule has 0 aromatic carbocycles. The van der Waals surface area contributed by atoms with Gasteiger partial charge in [0, 0.05) is 6.20 Å². The van der Waals surface area contributed by atoms with Crippen LogP contribution < -0.4 is 11.1 Å². The lowest BCUT2D eigenvalue weighted by Crippen LogP contribution is -2.23. The van der Waals surface area contributed by atoms with Gasteiger partial charge in [-0.25, -0.2) is 4.98 Å². The predicted molar refractivity (Wildman–Crippen MR) is 69.4 cm³/mol. The van der Waals surface area contributed by atoms with Gasteiger partial charge in [0.15, 0.2) is 0 Å². The zero-order valence-electron chi connectivity index (χ0n) is 10.6. The summed E-state index contributed by atoms with van der Waals surface area (Å²) in [6.07, 6.45) is 3.96. The van der Waals surface area contributed by atoms with Gasteiger partial charge >= 0.3 is 0 Å². The molecule has 0 saturated carbocycles. The molecule has 1 heterocycles. The van der Waals surface area contributed by atoms with E-state index in [1.807, 2.05) is 6.07 Å². The SMILES string of the molecule is CCCNCC(C)Cc1c(C)ccnc1N. The van der Waals surface area contributed by atoms with E-state index >= 15 is 0 Å². The number of nitrogens with zero attached hydrogens (tertiary/aromatic N) is 1. The van der Waals surface area contributed by atoms with Crippen molar-refractivity contribution in [2.45, 2.75) is 33.6 Å². The fourth-order valence-electron chi connectivity index (χ4n) is 1.82. The highest BCUT2D eigenvalue weighted by Crippen LogP contribution is 2.17. The topological polar surface area (TPSA) is 50.9 Å². The van der Waals surface area contributed by atoms with Crippen LogP contribution in [-0.4, -0.2) is 18.1 Å². The number of nitrogens with two attached hydrogens (primary N) is 1. The summed E-state index contributed by atoms with van der Waals surface area (Å²) in [5.74, 6) is 1.28. The molecule has 0 saturated heterocycles. The molecule has 16 heavy (non-hydrogen) atoms. The van der Waals surface area contributed by atoms with E-state index < -0.39 is 0 Å². The molecule has 3 N–H and O–H groups in total. The molecule has 1 atom stereocenters. The first kappa shape index (κ1) is 13.0. The van der Waals surface area contributed by atoms with E-state index in [0.717, 1.165) is 19.5 Å². The number of anilines is 1. The van der Waals surface area contributed by atoms with Crippen LogP contribution in [0.3, 0.4) is 0 Å². The van der Waals surface area contributed by atoms with E-state index in [2.05, 4.69) is 31.1 Å². The lowest BCUT2D eigenvalue weighted by Gasteiger charge is -2.15. The Morgan fingerprint density at radius 1 is 1.50 bits per heavy atom. The maximum absolute atomic E-state index is 5.89. The molecule has 0 amide bonds. The summed E-state index contributed by atoms with van der Waals surface area (Å²) in [4.78, 5) is 4.15. The van der Waals surface area contributed by atoms with Gasteiger partial charge in [0.25, 0.3) is 0 Å². The van der Waals surface area contributed by atoms with Crippen molar-refractivity contribution in [1.29, 1.82) is 0 Å². The third-order valence-corrected chi connectivity index (χ3v) is 2.80. The number of nitrogens with one attached hydrogen (secondary N) is 1. The Kier molecular flexibility index (Phi) is 5.26. The first-order valence-electron chi connectivity index (χ1n) is 6.05. The van der Waals surface area contributed by atoms with Crippen LogP contribution in [0.2, 0.25) is 0 Å². The molecule has 0 aliphatic rings. The molecule has 1 aromatic heterocycles. The molecule has 3 heteroatoms. The lowest BCUT2D eigenvalue weighted by atomic mass is 9.98. The summed E-state index contributed by atoms with van der Waals surface area (Å²) in [5.41, 5.74) is 8.34. The number of nitrogen functional groups attached to an aromatic ring is 1. The normalized spacial score (nSPS) is 12.7. The zero-order valence-corrected chi connectivity index (χ0v) is 10.6. The Morgan fingerprint density at radius 3 is 2.88 bits per heavy atom. The molecule has 3 nitrogen and oxygen atoms in total. The standard InChI is InChI=1S/C13H23N3/c1-4-6-15-9-10(2)8-12-11(3)5-7-16-13(12)14/h5,7,10,15H,4,6,8-9H2,1-3H3,(H2,14,16). The monoisotopic (exact) mass is 221 g/mol. The summed E-state index contributed by atoms with van der Waals surface area (Å²) >= 11 is 0. The Bertz CT molecular complexity index is 303. The molecular weight excluding hydrogens is 198 g/mol. The van der Waals surface area contributed by atoms with Crippen LogP contribution in [0, 0.1) is 12.8 Å². The average molecular weight is 221 g/mol. The van der Waals surface area contributed by atoms with Crippen molar-refractivity contribution in [3.63, 3.8) is 0 Å². The maximum atomic E-state index is 5.89. The van der Waals surface area contributed by atoms with Gasteiger partial charge in [-0.3, -0.25) is 0 Å². The number of hydrogen-bond acceptors (Lipinski definition) is 3. The van der Waals surface area contributed by atoms with Crippen molar-refractivity contribution in [3.8, 4) is 0 Å². The van der Waals surface area contributed by atoms with Crippen molar-refractivity contribution in [3.05, 3.63) is 23.4 Å². The molecule has 1 unspecified atom stereocenters. The van der Waals surface area contributed by atoms with Gasteiger partial charge < -0.3 is 11.1 Å².